The fourth-order valence-electron chi connectivity index (χ4n) is 3.26. The van der Waals surface area contributed by atoms with Gasteiger partial charge in [-0.3, -0.25) is 0 Å². The van der Waals surface area contributed by atoms with Crippen LogP contribution < -0.4 is 29.3 Å². The summed E-state index contributed by atoms with van der Waals surface area (Å²) in [5.74, 6) is 0. The van der Waals surface area contributed by atoms with Gasteiger partial charge in [-0.2, -0.15) is 0 Å². The number of nitrogens with zero attached hydrogens (tertiary/aromatic N) is 2. The third-order valence-electron chi connectivity index (χ3n) is 4.54. The second-order valence-corrected chi connectivity index (χ2v) is 7.03. The molecule has 2 N–H and O–H groups in total. The van der Waals surface area contributed by atoms with Crippen LogP contribution in [0.2, 0.25) is 0 Å². The van der Waals surface area contributed by atoms with Crippen LogP contribution in [0.4, 0.5) is 11.4 Å². The fraction of sp³-hybridized carbons (Fsp3) is 0.200. The maximum absolute atomic E-state index is 8.49. The number of hydrogen-bond donors (Lipinski definition) is 1. The zero-order chi connectivity index (χ0) is 21.2. The minimum atomic E-state index is -4.94. The molecular formula is C20H20ClN3O5. The molecule has 9 heteroatoms. The lowest BCUT2D eigenvalue weighted by Gasteiger charge is -2.19. The van der Waals surface area contributed by atoms with E-state index in [1.165, 1.54) is 0 Å². The summed E-state index contributed by atoms with van der Waals surface area (Å²) >= 11 is 0. The average Bonchev–Trinajstić information content (AvgIpc) is 2.67. The van der Waals surface area contributed by atoms with Gasteiger partial charge in [0.05, 0.1) is 12.1 Å². The van der Waals surface area contributed by atoms with Crippen LogP contribution in [0, 0.1) is 10.2 Å². The second kappa shape index (κ2) is 8.32. The molecule has 0 bridgehead atoms. The molecule has 0 aliphatic carbocycles. The van der Waals surface area contributed by atoms with Gasteiger partial charge in [0.25, 0.3) is 0 Å². The van der Waals surface area contributed by atoms with E-state index in [9.17, 15) is 0 Å². The monoisotopic (exact) mass is 417 g/mol. The number of aromatic nitrogens is 1. The number of rotatable bonds is 3. The molecule has 0 radical (unpaired) electrons. The van der Waals surface area contributed by atoms with Crippen LogP contribution in [0.5, 0.6) is 0 Å². The van der Waals surface area contributed by atoms with E-state index >= 15 is 0 Å². The highest BCUT2D eigenvalue weighted by Crippen LogP contribution is 2.32. The normalized spacial score (nSPS) is 11.5. The Labute approximate surface area is 169 Å². The molecule has 4 aromatic rings. The first-order chi connectivity index (χ1) is 13.7. The summed E-state index contributed by atoms with van der Waals surface area (Å²) in [5, 5.41) is 2.03. The lowest BCUT2D eigenvalue weighted by molar-refractivity contribution is -2.00. The first kappa shape index (κ1) is 21.0. The summed E-state index contributed by atoms with van der Waals surface area (Å²) in [5.41, 5.74) is 11.2. The summed E-state index contributed by atoms with van der Waals surface area (Å²) in [6.45, 7) is 6.22. The van der Waals surface area contributed by atoms with Crippen LogP contribution in [0.3, 0.4) is 0 Å². The predicted molar refractivity (Wildman–Crippen MR) is 101 cm³/mol. The Hall–Kier alpha value is -2.75. The molecule has 0 amide bonds. The van der Waals surface area contributed by atoms with Gasteiger partial charge in [-0.15, -0.1) is 10.2 Å². The van der Waals surface area contributed by atoms with Gasteiger partial charge in [0, 0.05) is 35.2 Å². The highest BCUT2D eigenvalue weighted by molar-refractivity contribution is 6.10. The number of halogens is 1. The molecule has 0 unspecified atom stereocenters. The number of hydrogen-bond acceptors (Lipinski definition) is 7. The molecule has 8 nitrogen and oxygen atoms in total. The van der Waals surface area contributed by atoms with Crippen molar-refractivity contribution in [1.29, 1.82) is 0 Å². The Kier molecular flexibility index (Phi) is 6.02. The largest absolute Gasteiger partial charge is 0.398 e. The van der Waals surface area contributed by atoms with Crippen LogP contribution in [-0.2, 0) is 0 Å². The summed E-state index contributed by atoms with van der Waals surface area (Å²) in [6.07, 6.45) is 0. The van der Waals surface area contributed by atoms with Crippen LogP contribution in [-0.4, -0.2) is 18.1 Å². The topological polar surface area (TPSA) is 146 Å². The van der Waals surface area contributed by atoms with E-state index in [1.54, 1.807) is 0 Å². The molecule has 1 heterocycles. The molecule has 0 atom stereocenters. The molecule has 1 aromatic heterocycles. The Morgan fingerprint density at radius 2 is 1.55 bits per heavy atom. The van der Waals surface area contributed by atoms with E-state index in [0.29, 0.717) is 5.69 Å². The maximum Gasteiger partial charge on any atom is 0.381 e. The molecule has 4 rings (SSSR count). The van der Waals surface area contributed by atoms with Gasteiger partial charge >= 0.3 is 11.2 Å². The van der Waals surface area contributed by atoms with E-state index < -0.39 is 10.2 Å². The summed E-state index contributed by atoms with van der Waals surface area (Å²) in [6, 6.07) is 16.1. The second-order valence-electron chi connectivity index (χ2n) is 6.27. The average molecular weight is 418 g/mol. The molecule has 0 fully saturated rings. The molecule has 29 heavy (non-hydrogen) atoms. The minimum Gasteiger partial charge on any atom is -0.398 e. The lowest BCUT2D eigenvalue weighted by atomic mass is 10.1. The van der Waals surface area contributed by atoms with Crippen molar-refractivity contribution in [2.45, 2.75) is 13.8 Å². The van der Waals surface area contributed by atoms with Crippen LogP contribution >= 0.6 is 0 Å². The molecule has 3 aromatic carbocycles. The summed E-state index contributed by atoms with van der Waals surface area (Å²) in [7, 11) is -4.94. The Balaban J connectivity index is 0.000000431. The van der Waals surface area contributed by atoms with Crippen LogP contribution in [0.15, 0.2) is 52.9 Å². The van der Waals surface area contributed by atoms with Gasteiger partial charge in [-0.25, -0.2) is 28.0 Å². The zero-order valence-electron chi connectivity index (χ0n) is 15.9. The highest BCUT2D eigenvalue weighted by Gasteiger charge is 2.19. The highest BCUT2D eigenvalue weighted by atomic mass is 35.7. The number of fused-ring (bicyclic) bond motifs is 4. The number of benzene rings is 3. The Bertz CT molecular complexity index is 1150. The summed E-state index contributed by atoms with van der Waals surface area (Å²) < 4.78 is 40.1. The van der Waals surface area contributed by atoms with E-state index in [0.717, 1.165) is 51.7 Å². The van der Waals surface area contributed by atoms with Gasteiger partial charge in [-0.1, -0.05) is 24.3 Å². The zero-order valence-corrected chi connectivity index (χ0v) is 16.7. The van der Waals surface area contributed by atoms with E-state index in [2.05, 4.69) is 30.9 Å². The van der Waals surface area contributed by atoms with Crippen molar-refractivity contribution in [1.82, 2.24) is 4.98 Å². The molecule has 0 aliphatic heterocycles. The molecular weight excluding hydrogens is 398 g/mol. The van der Waals surface area contributed by atoms with Crippen LogP contribution in [0.25, 0.3) is 33.0 Å². The van der Waals surface area contributed by atoms with Gasteiger partial charge in [0.15, 0.2) is 11.0 Å². The van der Waals surface area contributed by atoms with Crippen molar-refractivity contribution in [3.8, 4) is 0 Å². The van der Waals surface area contributed by atoms with Crippen molar-refractivity contribution in [3.05, 3.63) is 48.5 Å². The minimum absolute atomic E-state index is 0.711. The van der Waals surface area contributed by atoms with Gasteiger partial charge in [0.2, 0.25) is 0 Å². The van der Waals surface area contributed by atoms with E-state index in [1.807, 2.05) is 36.4 Å². The molecule has 0 aliphatic rings. The van der Waals surface area contributed by atoms with Crippen molar-refractivity contribution in [3.63, 3.8) is 0 Å². The van der Waals surface area contributed by atoms with Crippen molar-refractivity contribution >= 4 is 44.3 Å². The van der Waals surface area contributed by atoms with Gasteiger partial charge in [0.1, 0.15) is 0 Å². The van der Waals surface area contributed by atoms with Gasteiger partial charge < -0.3 is 10.6 Å². The smallest absolute Gasteiger partial charge is 0.381 e. The third-order valence-corrected chi connectivity index (χ3v) is 4.54. The number of nitrogen functional groups attached to an aromatic ring is 1. The van der Waals surface area contributed by atoms with Crippen molar-refractivity contribution < 1.29 is 33.3 Å². The number of anilines is 2. The standard InChI is InChI=1S/C20H20N3O.ClHO4/c1-3-23(4-2)13-9-10-17-18(11-13)24-19-12-16(21)14-7-5-6-8-15(14)20(19)22-17;2-1(3,4)5/h5-12H,3-4,21H2,1-2H3;(H,2,3,4,5)/q+1;/p-1. The fourth-order valence-corrected chi connectivity index (χ4v) is 3.26. The van der Waals surface area contributed by atoms with Gasteiger partial charge in [-0.05, 0) is 26.0 Å². The summed E-state index contributed by atoms with van der Waals surface area (Å²) in [4.78, 5) is 7.12. The SMILES string of the molecule is CCN(CC)c1ccc2nc3c(cc(N)c4ccccc43)[o+]c2c1.[O-][Cl+3]([O-])([O-])[O-]. The molecule has 0 saturated carbocycles. The first-order valence-electron chi connectivity index (χ1n) is 8.92. The third kappa shape index (κ3) is 4.81. The maximum atomic E-state index is 8.49. The lowest BCUT2D eigenvalue weighted by Crippen LogP contribution is -2.68. The predicted octanol–water partition coefficient (Wildman–Crippen LogP) is 0.0877. The Morgan fingerprint density at radius 1 is 0.931 bits per heavy atom. The quantitative estimate of drug-likeness (QED) is 0.213. The van der Waals surface area contributed by atoms with Crippen molar-refractivity contribution in [2.24, 2.45) is 0 Å². The van der Waals surface area contributed by atoms with Crippen LogP contribution in [0.1, 0.15) is 13.8 Å². The van der Waals surface area contributed by atoms with E-state index in [-0.39, 0.29) is 0 Å². The molecule has 152 valence electrons. The van der Waals surface area contributed by atoms with E-state index in [4.69, 9.17) is 33.8 Å². The Morgan fingerprint density at radius 3 is 2.17 bits per heavy atom. The van der Waals surface area contributed by atoms with Crippen molar-refractivity contribution in [2.75, 3.05) is 23.7 Å². The molecule has 0 saturated heterocycles. The number of nitrogens with two attached hydrogens (primary N) is 1. The first-order valence-corrected chi connectivity index (χ1v) is 10.2. The molecule has 0 spiro atoms.